The second-order valence-corrected chi connectivity index (χ2v) is 9.69. The van der Waals surface area contributed by atoms with Crippen molar-refractivity contribution in [1.29, 1.82) is 0 Å². The van der Waals surface area contributed by atoms with Crippen LogP contribution in [0.15, 0.2) is 36.4 Å². The number of ether oxygens (including phenoxy) is 2. The van der Waals surface area contributed by atoms with E-state index in [1.54, 1.807) is 18.4 Å². The number of nitrogens with zero attached hydrogens (tertiary/aromatic N) is 1. The largest absolute Gasteiger partial charge is 0.497 e. The molecular weight excluding hydrogens is 456 g/mol. The number of hydrogen-bond acceptors (Lipinski definition) is 6. The van der Waals surface area contributed by atoms with Gasteiger partial charge in [0, 0.05) is 20.7 Å². The molecule has 0 amide bonds. The van der Waals surface area contributed by atoms with E-state index in [1.165, 1.54) is 11.3 Å². The lowest BCUT2D eigenvalue weighted by Gasteiger charge is -2.15. The Morgan fingerprint density at radius 3 is 2.76 bits per heavy atom. The van der Waals surface area contributed by atoms with Gasteiger partial charge in [-0.3, -0.25) is 0 Å². The summed E-state index contributed by atoms with van der Waals surface area (Å²) in [6.45, 7) is 2.19. The van der Waals surface area contributed by atoms with E-state index in [9.17, 15) is 4.79 Å². The molecule has 0 bridgehead atoms. The van der Waals surface area contributed by atoms with E-state index < -0.39 is 0 Å². The average molecular weight is 481 g/mol. The highest BCUT2D eigenvalue weighted by molar-refractivity contribution is 7.16. The molecule has 2 aromatic heterocycles. The third kappa shape index (κ3) is 4.13. The second-order valence-electron chi connectivity index (χ2n) is 8.15. The third-order valence-electron chi connectivity index (χ3n) is 6.08. The molecule has 2 aromatic carbocycles. The van der Waals surface area contributed by atoms with E-state index in [1.807, 2.05) is 43.3 Å². The molecule has 0 radical (unpaired) electrons. The summed E-state index contributed by atoms with van der Waals surface area (Å²) in [7, 11) is 1.65. The number of anilines is 2. The predicted molar refractivity (Wildman–Crippen MR) is 136 cm³/mol. The average Bonchev–Trinajstić information content (AvgIpc) is 2.99. The van der Waals surface area contributed by atoms with Gasteiger partial charge in [-0.15, -0.1) is 11.3 Å². The van der Waals surface area contributed by atoms with Crippen LogP contribution in [0.2, 0.25) is 5.02 Å². The number of nitrogens with one attached hydrogen (secondary N) is 1. The number of pyridine rings is 1. The van der Waals surface area contributed by atoms with E-state index in [-0.39, 0.29) is 5.97 Å². The van der Waals surface area contributed by atoms with Crippen molar-refractivity contribution in [3.63, 3.8) is 0 Å². The summed E-state index contributed by atoms with van der Waals surface area (Å²) in [5.74, 6) is 0.482. The molecule has 0 saturated heterocycles. The highest BCUT2D eigenvalue weighted by Crippen LogP contribution is 2.42. The highest BCUT2D eigenvalue weighted by atomic mass is 35.5. The summed E-state index contributed by atoms with van der Waals surface area (Å²) in [5, 5.41) is 6.93. The SMILES string of the molecule is CCOC(=O)c1c(Nc2c3ccc(Cl)cc3nc3ccc(OC)cc23)sc2c1CCCCC2. The highest BCUT2D eigenvalue weighted by Gasteiger charge is 2.26. The molecule has 1 aliphatic rings. The fourth-order valence-electron chi connectivity index (χ4n) is 4.52. The van der Waals surface area contributed by atoms with Crippen LogP contribution in [0.1, 0.15) is 47.0 Å². The molecule has 0 spiro atoms. The van der Waals surface area contributed by atoms with Gasteiger partial charge < -0.3 is 14.8 Å². The Balaban J connectivity index is 1.73. The van der Waals surface area contributed by atoms with E-state index in [0.717, 1.165) is 69.5 Å². The van der Waals surface area contributed by atoms with Crippen LogP contribution >= 0.6 is 22.9 Å². The zero-order chi connectivity index (χ0) is 22.9. The number of carbonyl (C=O) groups is 1. The van der Waals surface area contributed by atoms with Crippen LogP contribution in [0.3, 0.4) is 0 Å². The fraction of sp³-hybridized carbons (Fsp3) is 0.308. The second kappa shape index (κ2) is 9.20. The first-order valence-electron chi connectivity index (χ1n) is 11.2. The summed E-state index contributed by atoms with van der Waals surface area (Å²) in [6, 6.07) is 11.5. The summed E-state index contributed by atoms with van der Waals surface area (Å²) in [5.41, 5.74) is 4.31. The summed E-state index contributed by atoms with van der Waals surface area (Å²) < 4.78 is 11.0. The number of aryl methyl sites for hydroxylation is 1. The Kier molecular flexibility index (Phi) is 6.13. The molecule has 1 N–H and O–H groups in total. The van der Waals surface area contributed by atoms with Gasteiger partial charge >= 0.3 is 5.97 Å². The van der Waals surface area contributed by atoms with Crippen molar-refractivity contribution < 1.29 is 14.3 Å². The minimum absolute atomic E-state index is 0.261. The Labute approximate surface area is 201 Å². The van der Waals surface area contributed by atoms with Gasteiger partial charge in [0.1, 0.15) is 10.8 Å². The molecule has 0 saturated carbocycles. The lowest BCUT2D eigenvalue weighted by molar-refractivity contribution is 0.0527. The minimum atomic E-state index is -0.261. The maximum absolute atomic E-state index is 13.1. The van der Waals surface area contributed by atoms with Crippen molar-refractivity contribution >= 4 is 61.4 Å². The van der Waals surface area contributed by atoms with E-state index in [2.05, 4.69) is 5.32 Å². The molecule has 170 valence electrons. The predicted octanol–water partition coefficient (Wildman–Crippen LogP) is 7.30. The van der Waals surface area contributed by atoms with Crippen molar-refractivity contribution in [2.75, 3.05) is 19.0 Å². The van der Waals surface area contributed by atoms with Crippen molar-refractivity contribution in [3.8, 4) is 5.75 Å². The van der Waals surface area contributed by atoms with E-state index >= 15 is 0 Å². The standard InChI is InChI=1S/C26H25ClN2O3S/c1-3-32-26(30)23-18-7-5-4-6-8-22(18)33-25(23)29-24-17-11-9-15(27)13-21(17)28-20-12-10-16(31-2)14-19(20)24/h9-14H,3-8H2,1-2H3,(H,28,29). The molecule has 5 nitrogen and oxygen atoms in total. The van der Waals surface area contributed by atoms with Crippen molar-refractivity contribution in [3.05, 3.63) is 57.4 Å². The Hall–Kier alpha value is -2.83. The molecule has 7 heteroatoms. The van der Waals surface area contributed by atoms with Crippen LogP contribution in [0.25, 0.3) is 21.8 Å². The van der Waals surface area contributed by atoms with Crippen LogP contribution < -0.4 is 10.1 Å². The van der Waals surface area contributed by atoms with E-state index in [0.29, 0.717) is 17.2 Å². The van der Waals surface area contributed by atoms with Crippen molar-refractivity contribution in [2.45, 2.75) is 39.0 Å². The molecule has 33 heavy (non-hydrogen) atoms. The topological polar surface area (TPSA) is 60.5 Å². The van der Waals surface area contributed by atoms with Gasteiger partial charge in [-0.2, -0.15) is 0 Å². The molecule has 2 heterocycles. The van der Waals surface area contributed by atoms with Gasteiger partial charge in [-0.05, 0) is 74.6 Å². The Morgan fingerprint density at radius 1 is 1.09 bits per heavy atom. The maximum Gasteiger partial charge on any atom is 0.341 e. The van der Waals surface area contributed by atoms with Crippen molar-refractivity contribution in [1.82, 2.24) is 4.98 Å². The minimum Gasteiger partial charge on any atom is -0.497 e. The first-order chi connectivity index (χ1) is 16.1. The molecule has 0 aliphatic heterocycles. The van der Waals surface area contributed by atoms with Crippen LogP contribution in [0.4, 0.5) is 10.7 Å². The maximum atomic E-state index is 13.1. The molecule has 4 aromatic rings. The number of benzene rings is 2. The first-order valence-corrected chi connectivity index (χ1v) is 12.4. The molecular formula is C26H25ClN2O3S. The number of aromatic nitrogens is 1. The quantitative estimate of drug-likeness (QED) is 0.184. The van der Waals surface area contributed by atoms with Crippen LogP contribution in [-0.4, -0.2) is 24.7 Å². The summed E-state index contributed by atoms with van der Waals surface area (Å²) in [4.78, 5) is 19.2. The number of thiophene rings is 1. The summed E-state index contributed by atoms with van der Waals surface area (Å²) in [6.07, 6.45) is 5.32. The van der Waals surface area contributed by atoms with Crippen LogP contribution in [0.5, 0.6) is 5.75 Å². The molecule has 0 unspecified atom stereocenters. The number of hydrogen-bond donors (Lipinski definition) is 1. The van der Waals surface area contributed by atoms with Gasteiger partial charge in [0.25, 0.3) is 0 Å². The number of carbonyl (C=O) groups excluding carboxylic acids is 1. The lowest BCUT2D eigenvalue weighted by atomic mass is 10.0. The number of fused-ring (bicyclic) bond motifs is 3. The normalized spacial score (nSPS) is 13.5. The molecule has 0 fully saturated rings. The monoisotopic (exact) mass is 480 g/mol. The lowest BCUT2D eigenvalue weighted by Crippen LogP contribution is -2.09. The van der Waals surface area contributed by atoms with Gasteiger partial charge in [-0.25, -0.2) is 9.78 Å². The molecule has 5 rings (SSSR count). The molecule has 1 aliphatic carbocycles. The number of rotatable bonds is 5. The molecule has 0 atom stereocenters. The first kappa shape index (κ1) is 22.0. The number of halogens is 1. The zero-order valence-electron chi connectivity index (χ0n) is 18.7. The summed E-state index contributed by atoms with van der Waals surface area (Å²) >= 11 is 7.94. The Bertz CT molecular complexity index is 1370. The van der Waals surface area contributed by atoms with Crippen LogP contribution in [0, 0.1) is 0 Å². The number of esters is 1. The zero-order valence-corrected chi connectivity index (χ0v) is 20.2. The van der Waals surface area contributed by atoms with Gasteiger partial charge in [0.2, 0.25) is 0 Å². The number of methoxy groups -OCH3 is 1. The van der Waals surface area contributed by atoms with E-state index in [4.69, 9.17) is 26.1 Å². The third-order valence-corrected chi connectivity index (χ3v) is 7.52. The van der Waals surface area contributed by atoms with Crippen molar-refractivity contribution in [2.24, 2.45) is 0 Å². The Morgan fingerprint density at radius 2 is 1.94 bits per heavy atom. The fourth-order valence-corrected chi connectivity index (χ4v) is 5.97. The van der Waals surface area contributed by atoms with Gasteiger partial charge in [0.15, 0.2) is 0 Å². The van der Waals surface area contributed by atoms with Gasteiger partial charge in [-0.1, -0.05) is 18.0 Å². The smallest absolute Gasteiger partial charge is 0.341 e. The van der Waals surface area contributed by atoms with Gasteiger partial charge in [0.05, 0.1) is 36.0 Å². The van der Waals surface area contributed by atoms with Crippen LogP contribution in [-0.2, 0) is 17.6 Å².